The maximum absolute atomic E-state index is 12.6. The van der Waals surface area contributed by atoms with E-state index in [0.29, 0.717) is 5.57 Å². The molecule has 0 spiro atoms. The van der Waals surface area contributed by atoms with Crippen LogP contribution in [0.25, 0.3) is 0 Å². The zero-order valence-electron chi connectivity index (χ0n) is 8.09. The van der Waals surface area contributed by atoms with Gasteiger partial charge in [-0.15, -0.1) is 0 Å². The minimum absolute atomic E-state index is 0.0408. The second-order valence-corrected chi connectivity index (χ2v) is 3.90. The van der Waals surface area contributed by atoms with E-state index < -0.39 is 0 Å². The van der Waals surface area contributed by atoms with Gasteiger partial charge in [0.15, 0.2) is 0 Å². The van der Waals surface area contributed by atoms with Crippen LogP contribution in [0, 0.1) is 5.41 Å². The summed E-state index contributed by atoms with van der Waals surface area (Å²) in [6.45, 7) is 13.2. The highest BCUT2D eigenvalue weighted by Crippen LogP contribution is 2.29. The molecule has 1 heteroatoms. The Kier molecular flexibility index (Phi) is 3.03. The van der Waals surface area contributed by atoms with Crippen molar-refractivity contribution in [3.8, 4) is 0 Å². The van der Waals surface area contributed by atoms with Crippen molar-refractivity contribution in [3.05, 3.63) is 23.6 Å². The van der Waals surface area contributed by atoms with Crippen LogP contribution in [0.15, 0.2) is 23.6 Å². The summed E-state index contributed by atoms with van der Waals surface area (Å²) in [6, 6.07) is 0. The van der Waals surface area contributed by atoms with Gasteiger partial charge in [0.05, 0.1) is 0 Å². The SMILES string of the molecule is C=C(F)/C(C)=C(\C)C(C)(C)C. The van der Waals surface area contributed by atoms with Crippen molar-refractivity contribution in [1.82, 2.24) is 0 Å². The molecule has 0 unspecified atom stereocenters. The summed E-state index contributed by atoms with van der Waals surface area (Å²) in [6.07, 6.45) is 0. The highest BCUT2D eigenvalue weighted by atomic mass is 19.1. The molecule has 0 radical (unpaired) electrons. The largest absolute Gasteiger partial charge is 0.207 e. The highest BCUT2D eigenvalue weighted by Gasteiger charge is 2.15. The first-order valence-electron chi connectivity index (χ1n) is 3.79. The van der Waals surface area contributed by atoms with Crippen LogP contribution in [0.2, 0.25) is 0 Å². The second kappa shape index (κ2) is 3.21. The van der Waals surface area contributed by atoms with Crippen LogP contribution >= 0.6 is 0 Å². The molecule has 0 amide bonds. The van der Waals surface area contributed by atoms with E-state index >= 15 is 0 Å². The molecule has 11 heavy (non-hydrogen) atoms. The first-order valence-corrected chi connectivity index (χ1v) is 3.79. The third-order valence-corrected chi connectivity index (χ3v) is 2.09. The quantitative estimate of drug-likeness (QED) is 0.506. The van der Waals surface area contributed by atoms with Gasteiger partial charge in [0.1, 0.15) is 5.83 Å². The lowest BCUT2D eigenvalue weighted by molar-refractivity contribution is 0.494. The smallest absolute Gasteiger partial charge is 0.118 e. The van der Waals surface area contributed by atoms with Crippen LogP contribution in [-0.2, 0) is 0 Å². The molecule has 0 saturated heterocycles. The minimum atomic E-state index is -0.322. The van der Waals surface area contributed by atoms with Crippen LogP contribution < -0.4 is 0 Å². The van der Waals surface area contributed by atoms with Crippen LogP contribution in [0.1, 0.15) is 34.6 Å². The monoisotopic (exact) mass is 156 g/mol. The Labute approximate surface area is 68.8 Å². The molecular formula is C10H17F. The van der Waals surface area contributed by atoms with Crippen molar-refractivity contribution in [2.24, 2.45) is 5.41 Å². The van der Waals surface area contributed by atoms with Gasteiger partial charge >= 0.3 is 0 Å². The van der Waals surface area contributed by atoms with Crippen molar-refractivity contribution in [3.63, 3.8) is 0 Å². The summed E-state index contributed by atoms with van der Waals surface area (Å²) in [5, 5.41) is 0. The zero-order valence-corrected chi connectivity index (χ0v) is 8.09. The number of hydrogen-bond donors (Lipinski definition) is 0. The molecule has 0 heterocycles. The maximum atomic E-state index is 12.6. The van der Waals surface area contributed by atoms with Gasteiger partial charge in [-0.05, 0) is 24.8 Å². The summed E-state index contributed by atoms with van der Waals surface area (Å²) in [5.41, 5.74) is 1.78. The molecule has 0 rings (SSSR count). The van der Waals surface area contributed by atoms with E-state index in [4.69, 9.17) is 0 Å². The summed E-state index contributed by atoms with van der Waals surface area (Å²) in [5.74, 6) is -0.322. The van der Waals surface area contributed by atoms with Gasteiger partial charge in [-0.25, -0.2) is 4.39 Å². The van der Waals surface area contributed by atoms with Gasteiger partial charge in [0.25, 0.3) is 0 Å². The Bertz CT molecular complexity index is 191. The van der Waals surface area contributed by atoms with E-state index in [1.54, 1.807) is 6.92 Å². The molecule has 0 aromatic heterocycles. The van der Waals surface area contributed by atoms with Gasteiger partial charge in [-0.3, -0.25) is 0 Å². The number of halogens is 1. The predicted octanol–water partition coefficient (Wildman–Crippen LogP) is 3.85. The maximum Gasteiger partial charge on any atom is 0.118 e. The van der Waals surface area contributed by atoms with E-state index in [2.05, 4.69) is 27.4 Å². The molecule has 0 aliphatic carbocycles. The van der Waals surface area contributed by atoms with E-state index in [9.17, 15) is 4.39 Å². The molecule has 0 aliphatic heterocycles. The molecule has 0 nitrogen and oxygen atoms in total. The third-order valence-electron chi connectivity index (χ3n) is 2.09. The highest BCUT2D eigenvalue weighted by molar-refractivity contribution is 5.28. The van der Waals surface area contributed by atoms with Crippen LogP contribution in [0.5, 0.6) is 0 Å². The average molecular weight is 156 g/mol. The Morgan fingerprint density at radius 3 is 1.64 bits per heavy atom. The van der Waals surface area contributed by atoms with E-state index in [-0.39, 0.29) is 11.2 Å². The van der Waals surface area contributed by atoms with Crippen molar-refractivity contribution < 1.29 is 4.39 Å². The molecule has 0 aliphatic rings. The first-order chi connectivity index (χ1) is 4.76. The lowest BCUT2D eigenvalue weighted by Gasteiger charge is -2.21. The topological polar surface area (TPSA) is 0 Å². The molecule has 0 fully saturated rings. The normalized spacial score (nSPS) is 14.4. The standard InChI is InChI=1S/C10H17F/c1-7(9(3)11)8(2)10(4,5)6/h3H2,1-2,4-6H3/b8-7+. The van der Waals surface area contributed by atoms with E-state index in [1.807, 2.05) is 6.92 Å². The second-order valence-electron chi connectivity index (χ2n) is 3.90. The van der Waals surface area contributed by atoms with Gasteiger partial charge in [0.2, 0.25) is 0 Å². The van der Waals surface area contributed by atoms with Crippen LogP contribution in [0.3, 0.4) is 0 Å². The van der Waals surface area contributed by atoms with Gasteiger partial charge in [-0.1, -0.05) is 32.9 Å². The lowest BCUT2D eigenvalue weighted by Crippen LogP contribution is -2.08. The molecule has 0 atom stereocenters. The average Bonchev–Trinajstić information content (AvgIpc) is 1.82. The summed E-state index contributed by atoms with van der Waals surface area (Å²) >= 11 is 0. The minimum Gasteiger partial charge on any atom is -0.207 e. The van der Waals surface area contributed by atoms with Gasteiger partial charge in [0, 0.05) is 0 Å². The lowest BCUT2D eigenvalue weighted by atomic mass is 9.84. The van der Waals surface area contributed by atoms with Crippen molar-refractivity contribution in [1.29, 1.82) is 0 Å². The number of allylic oxidation sites excluding steroid dienone is 3. The molecule has 0 N–H and O–H groups in total. The fourth-order valence-corrected chi connectivity index (χ4v) is 0.766. The molecule has 0 saturated carbocycles. The summed E-state index contributed by atoms with van der Waals surface area (Å²) in [4.78, 5) is 0. The van der Waals surface area contributed by atoms with Crippen molar-refractivity contribution >= 4 is 0 Å². The van der Waals surface area contributed by atoms with Crippen molar-refractivity contribution in [2.45, 2.75) is 34.6 Å². The summed E-state index contributed by atoms with van der Waals surface area (Å²) in [7, 11) is 0. The molecule has 0 bridgehead atoms. The fourth-order valence-electron chi connectivity index (χ4n) is 0.766. The first kappa shape index (κ1) is 10.4. The Hall–Kier alpha value is -0.590. The predicted molar refractivity (Wildman–Crippen MR) is 48.1 cm³/mol. The van der Waals surface area contributed by atoms with Gasteiger partial charge < -0.3 is 0 Å². The molecule has 64 valence electrons. The fraction of sp³-hybridized carbons (Fsp3) is 0.600. The van der Waals surface area contributed by atoms with Crippen LogP contribution in [-0.4, -0.2) is 0 Å². The Morgan fingerprint density at radius 1 is 1.18 bits per heavy atom. The van der Waals surface area contributed by atoms with Gasteiger partial charge in [-0.2, -0.15) is 0 Å². The molecular weight excluding hydrogens is 139 g/mol. The third kappa shape index (κ3) is 2.87. The Morgan fingerprint density at radius 2 is 1.55 bits per heavy atom. The van der Waals surface area contributed by atoms with Crippen molar-refractivity contribution in [2.75, 3.05) is 0 Å². The van der Waals surface area contributed by atoms with E-state index in [1.165, 1.54) is 0 Å². The zero-order chi connectivity index (χ0) is 9.23. The molecule has 0 aromatic carbocycles. The summed E-state index contributed by atoms with van der Waals surface area (Å²) < 4.78 is 12.6. The number of rotatable bonds is 1. The molecule has 0 aromatic rings. The Balaban J connectivity index is 4.82. The van der Waals surface area contributed by atoms with E-state index in [0.717, 1.165) is 5.57 Å². The number of hydrogen-bond acceptors (Lipinski definition) is 0. The van der Waals surface area contributed by atoms with Crippen LogP contribution in [0.4, 0.5) is 4.39 Å².